The van der Waals surface area contributed by atoms with Crippen molar-refractivity contribution < 1.29 is 0 Å². The summed E-state index contributed by atoms with van der Waals surface area (Å²) < 4.78 is 0. The Bertz CT molecular complexity index is 311. The molecule has 1 aromatic carbocycles. The second kappa shape index (κ2) is 4.22. The third-order valence-corrected chi connectivity index (χ3v) is 3.15. The molecule has 0 fully saturated rings. The number of para-hydroxylation sites is 1. The minimum Gasteiger partial charge on any atom is -0.368 e. The van der Waals surface area contributed by atoms with Crippen LogP contribution < -0.4 is 4.90 Å². The van der Waals surface area contributed by atoms with Gasteiger partial charge in [-0.15, -0.1) is 11.6 Å². The number of benzene rings is 1. The Morgan fingerprint density at radius 2 is 2.21 bits per heavy atom. The van der Waals surface area contributed by atoms with Crippen molar-refractivity contribution in [3.05, 3.63) is 29.8 Å². The van der Waals surface area contributed by atoms with E-state index in [4.69, 9.17) is 11.6 Å². The molecular weight excluding hydrogens is 194 g/mol. The first-order chi connectivity index (χ1) is 6.83. The van der Waals surface area contributed by atoms with Crippen LogP contribution in [0, 0.1) is 0 Å². The first-order valence-corrected chi connectivity index (χ1v) is 5.77. The van der Waals surface area contributed by atoms with Crippen molar-refractivity contribution in [1.29, 1.82) is 0 Å². The monoisotopic (exact) mass is 209 g/mol. The molecule has 1 aliphatic heterocycles. The van der Waals surface area contributed by atoms with Gasteiger partial charge in [-0.1, -0.05) is 18.2 Å². The van der Waals surface area contributed by atoms with Crippen molar-refractivity contribution in [2.75, 3.05) is 17.3 Å². The van der Waals surface area contributed by atoms with Gasteiger partial charge in [-0.3, -0.25) is 0 Å². The number of nitrogens with zero attached hydrogens (tertiary/aromatic N) is 1. The lowest BCUT2D eigenvalue weighted by Gasteiger charge is -2.24. The fourth-order valence-electron chi connectivity index (χ4n) is 2.20. The van der Waals surface area contributed by atoms with Crippen molar-refractivity contribution in [3.63, 3.8) is 0 Å². The predicted octanol–water partition coefficient (Wildman–Crippen LogP) is 3.07. The maximum absolute atomic E-state index is 5.73. The standard InChI is InChI=1S/C12H16ClN/c1-10-9-11-5-2-3-6-12(11)14(10)8-4-7-13/h2-3,5-6,10H,4,7-9H2,1H3. The summed E-state index contributed by atoms with van der Waals surface area (Å²) in [7, 11) is 0. The van der Waals surface area contributed by atoms with Gasteiger partial charge in [0.05, 0.1) is 0 Å². The minimum atomic E-state index is 0.635. The van der Waals surface area contributed by atoms with E-state index >= 15 is 0 Å². The third kappa shape index (κ3) is 1.74. The zero-order valence-corrected chi connectivity index (χ0v) is 9.30. The van der Waals surface area contributed by atoms with Gasteiger partial charge in [0.1, 0.15) is 0 Å². The van der Waals surface area contributed by atoms with Crippen LogP contribution in [0.5, 0.6) is 0 Å². The van der Waals surface area contributed by atoms with Crippen LogP contribution in [0.2, 0.25) is 0 Å². The van der Waals surface area contributed by atoms with Crippen LogP contribution >= 0.6 is 11.6 Å². The van der Waals surface area contributed by atoms with Crippen LogP contribution in [0.3, 0.4) is 0 Å². The molecule has 1 unspecified atom stereocenters. The van der Waals surface area contributed by atoms with Gasteiger partial charge in [0.15, 0.2) is 0 Å². The molecule has 0 bridgehead atoms. The molecule has 2 rings (SSSR count). The summed E-state index contributed by atoms with van der Waals surface area (Å²) in [5.74, 6) is 0.755. The van der Waals surface area contributed by atoms with Crippen molar-refractivity contribution in [1.82, 2.24) is 0 Å². The van der Waals surface area contributed by atoms with E-state index in [0.29, 0.717) is 6.04 Å². The Hall–Kier alpha value is -0.690. The Kier molecular flexibility index (Phi) is 2.97. The lowest BCUT2D eigenvalue weighted by Crippen LogP contribution is -2.30. The van der Waals surface area contributed by atoms with Gasteiger partial charge >= 0.3 is 0 Å². The smallest absolute Gasteiger partial charge is 0.0402 e. The lowest BCUT2D eigenvalue weighted by molar-refractivity contribution is 0.664. The van der Waals surface area contributed by atoms with E-state index in [0.717, 1.165) is 18.8 Å². The molecule has 0 aromatic heterocycles. The van der Waals surface area contributed by atoms with E-state index in [1.54, 1.807) is 0 Å². The normalized spacial score (nSPS) is 19.9. The van der Waals surface area contributed by atoms with Crippen molar-refractivity contribution in [2.24, 2.45) is 0 Å². The number of anilines is 1. The molecule has 1 nitrogen and oxygen atoms in total. The van der Waals surface area contributed by atoms with Gasteiger partial charge in [0.2, 0.25) is 0 Å². The van der Waals surface area contributed by atoms with Crippen LogP contribution in [-0.2, 0) is 6.42 Å². The summed E-state index contributed by atoms with van der Waals surface area (Å²) in [6, 6.07) is 9.32. The van der Waals surface area contributed by atoms with Gasteiger partial charge in [-0.2, -0.15) is 0 Å². The van der Waals surface area contributed by atoms with Crippen LogP contribution in [0.15, 0.2) is 24.3 Å². The summed E-state index contributed by atoms with van der Waals surface area (Å²) >= 11 is 5.73. The highest BCUT2D eigenvalue weighted by Crippen LogP contribution is 2.31. The zero-order chi connectivity index (χ0) is 9.97. The molecule has 1 atom stereocenters. The Labute approximate surface area is 90.7 Å². The largest absolute Gasteiger partial charge is 0.368 e. The summed E-state index contributed by atoms with van der Waals surface area (Å²) in [6.07, 6.45) is 2.25. The molecular formula is C12H16ClN. The number of halogens is 1. The highest BCUT2D eigenvalue weighted by atomic mass is 35.5. The summed E-state index contributed by atoms with van der Waals surface area (Å²) in [5, 5.41) is 0. The molecule has 0 N–H and O–H groups in total. The van der Waals surface area contributed by atoms with E-state index in [1.165, 1.54) is 17.7 Å². The lowest BCUT2D eigenvalue weighted by atomic mass is 10.1. The van der Waals surface area contributed by atoms with Gasteiger partial charge in [-0.25, -0.2) is 0 Å². The maximum Gasteiger partial charge on any atom is 0.0402 e. The van der Waals surface area contributed by atoms with Crippen LogP contribution in [-0.4, -0.2) is 18.5 Å². The molecule has 0 saturated carbocycles. The molecule has 0 radical (unpaired) electrons. The van der Waals surface area contributed by atoms with Crippen molar-refractivity contribution >= 4 is 17.3 Å². The number of hydrogen-bond donors (Lipinski definition) is 0. The number of rotatable bonds is 3. The summed E-state index contributed by atoms with van der Waals surface area (Å²) in [4.78, 5) is 2.47. The van der Waals surface area contributed by atoms with Crippen molar-refractivity contribution in [3.8, 4) is 0 Å². The Morgan fingerprint density at radius 1 is 1.43 bits per heavy atom. The third-order valence-electron chi connectivity index (χ3n) is 2.88. The minimum absolute atomic E-state index is 0.635. The number of hydrogen-bond acceptors (Lipinski definition) is 1. The van der Waals surface area contributed by atoms with Gasteiger partial charge < -0.3 is 4.90 Å². The maximum atomic E-state index is 5.73. The molecule has 14 heavy (non-hydrogen) atoms. The fraction of sp³-hybridized carbons (Fsp3) is 0.500. The van der Waals surface area contributed by atoms with E-state index in [2.05, 4.69) is 36.1 Å². The highest BCUT2D eigenvalue weighted by molar-refractivity contribution is 6.17. The topological polar surface area (TPSA) is 3.24 Å². The van der Waals surface area contributed by atoms with E-state index in [-0.39, 0.29) is 0 Å². The summed E-state index contributed by atoms with van der Waals surface area (Å²) in [6.45, 7) is 3.37. The zero-order valence-electron chi connectivity index (χ0n) is 8.54. The summed E-state index contributed by atoms with van der Waals surface area (Å²) in [5.41, 5.74) is 2.89. The Balaban J connectivity index is 2.17. The second-order valence-corrected chi connectivity index (χ2v) is 4.30. The molecule has 0 spiro atoms. The Morgan fingerprint density at radius 3 is 3.00 bits per heavy atom. The van der Waals surface area contributed by atoms with E-state index in [9.17, 15) is 0 Å². The molecule has 1 aliphatic rings. The van der Waals surface area contributed by atoms with Crippen LogP contribution in [0.25, 0.3) is 0 Å². The van der Waals surface area contributed by atoms with Crippen LogP contribution in [0.4, 0.5) is 5.69 Å². The molecule has 1 heterocycles. The number of alkyl halides is 1. The van der Waals surface area contributed by atoms with Crippen LogP contribution in [0.1, 0.15) is 18.9 Å². The second-order valence-electron chi connectivity index (χ2n) is 3.92. The molecule has 1 aromatic rings. The first kappa shape index (κ1) is 9.85. The highest BCUT2D eigenvalue weighted by Gasteiger charge is 2.24. The van der Waals surface area contributed by atoms with Gasteiger partial charge in [0.25, 0.3) is 0 Å². The SMILES string of the molecule is CC1Cc2ccccc2N1CCCCl. The molecule has 0 saturated heterocycles. The van der Waals surface area contributed by atoms with E-state index < -0.39 is 0 Å². The van der Waals surface area contributed by atoms with Crippen molar-refractivity contribution in [2.45, 2.75) is 25.8 Å². The predicted molar refractivity (Wildman–Crippen MR) is 62.3 cm³/mol. The average Bonchev–Trinajstić information content (AvgIpc) is 2.51. The molecule has 0 aliphatic carbocycles. The molecule has 0 amide bonds. The quantitative estimate of drug-likeness (QED) is 0.692. The van der Waals surface area contributed by atoms with Gasteiger partial charge in [-0.05, 0) is 31.4 Å². The average molecular weight is 210 g/mol. The number of fused-ring (bicyclic) bond motifs is 1. The fourth-order valence-corrected chi connectivity index (χ4v) is 2.32. The first-order valence-electron chi connectivity index (χ1n) is 5.23. The molecule has 76 valence electrons. The van der Waals surface area contributed by atoms with Gasteiger partial charge in [0, 0.05) is 24.2 Å². The van der Waals surface area contributed by atoms with E-state index in [1.807, 2.05) is 0 Å². The molecule has 2 heteroatoms.